The topological polar surface area (TPSA) is 65.7 Å². The molecule has 1 N–H and O–H groups in total. The van der Waals surface area contributed by atoms with E-state index in [1.807, 2.05) is 11.8 Å². The maximum absolute atomic E-state index is 10.2. The van der Waals surface area contributed by atoms with Gasteiger partial charge in [-0.2, -0.15) is 5.26 Å². The zero-order chi connectivity index (χ0) is 13.7. The molecule has 1 heterocycles. The van der Waals surface area contributed by atoms with Gasteiger partial charge in [0.1, 0.15) is 6.04 Å². The molecular formula is C14H18N2O3. The van der Waals surface area contributed by atoms with E-state index in [2.05, 4.69) is 6.07 Å². The first-order chi connectivity index (χ1) is 9.27. The van der Waals surface area contributed by atoms with E-state index < -0.39 is 6.04 Å². The van der Waals surface area contributed by atoms with Gasteiger partial charge >= 0.3 is 0 Å². The van der Waals surface area contributed by atoms with Gasteiger partial charge in [0.25, 0.3) is 0 Å². The van der Waals surface area contributed by atoms with Gasteiger partial charge in [0.15, 0.2) is 11.5 Å². The maximum Gasteiger partial charge on any atom is 0.163 e. The molecule has 19 heavy (non-hydrogen) atoms. The van der Waals surface area contributed by atoms with Gasteiger partial charge in [0, 0.05) is 18.7 Å². The van der Waals surface area contributed by atoms with Gasteiger partial charge in [0.2, 0.25) is 0 Å². The van der Waals surface area contributed by atoms with Gasteiger partial charge < -0.3 is 14.6 Å². The molecule has 1 aromatic rings. The third-order valence-electron chi connectivity index (χ3n) is 3.16. The van der Waals surface area contributed by atoms with E-state index in [1.165, 1.54) is 0 Å². The lowest BCUT2D eigenvalue weighted by Gasteiger charge is -2.31. The van der Waals surface area contributed by atoms with Crippen molar-refractivity contribution in [2.75, 3.05) is 32.9 Å². The molecule has 1 atom stereocenters. The second kappa shape index (κ2) is 6.41. The minimum Gasteiger partial charge on any atom is -0.504 e. The molecule has 0 amide bonds. The summed E-state index contributed by atoms with van der Waals surface area (Å²) in [5, 5.41) is 19.6. The van der Waals surface area contributed by atoms with Crippen LogP contribution >= 0.6 is 0 Å². The third-order valence-corrected chi connectivity index (χ3v) is 3.16. The van der Waals surface area contributed by atoms with E-state index in [0.29, 0.717) is 44.2 Å². The smallest absolute Gasteiger partial charge is 0.163 e. The third kappa shape index (κ3) is 2.98. The molecule has 2 rings (SSSR count). The number of hydrogen-bond acceptors (Lipinski definition) is 5. The molecule has 0 aliphatic carbocycles. The number of hydrogen-bond donors (Lipinski definition) is 1. The van der Waals surface area contributed by atoms with E-state index in [-0.39, 0.29) is 5.75 Å². The van der Waals surface area contributed by atoms with Crippen LogP contribution in [0.15, 0.2) is 18.2 Å². The van der Waals surface area contributed by atoms with Crippen molar-refractivity contribution in [1.82, 2.24) is 4.90 Å². The average molecular weight is 262 g/mol. The largest absolute Gasteiger partial charge is 0.504 e. The Morgan fingerprint density at radius 1 is 1.47 bits per heavy atom. The van der Waals surface area contributed by atoms with Gasteiger partial charge in [-0.3, -0.25) is 4.90 Å². The van der Waals surface area contributed by atoms with Crippen LogP contribution in [0.5, 0.6) is 11.5 Å². The fourth-order valence-electron chi connectivity index (χ4n) is 2.22. The second-order valence-electron chi connectivity index (χ2n) is 4.31. The van der Waals surface area contributed by atoms with E-state index >= 15 is 0 Å². The summed E-state index contributed by atoms with van der Waals surface area (Å²) in [4.78, 5) is 2.01. The Kier molecular flexibility index (Phi) is 4.61. The molecule has 5 heteroatoms. The Hall–Kier alpha value is -1.77. The van der Waals surface area contributed by atoms with Crippen molar-refractivity contribution >= 4 is 0 Å². The fourth-order valence-corrected chi connectivity index (χ4v) is 2.22. The molecule has 1 fully saturated rings. The summed E-state index contributed by atoms with van der Waals surface area (Å²) in [6.07, 6.45) is 0. The van der Waals surface area contributed by atoms with Gasteiger partial charge in [0.05, 0.1) is 25.9 Å². The number of para-hydroxylation sites is 1. The first-order valence-corrected chi connectivity index (χ1v) is 6.44. The Morgan fingerprint density at radius 2 is 2.21 bits per heavy atom. The van der Waals surface area contributed by atoms with Crippen molar-refractivity contribution in [2.45, 2.75) is 13.0 Å². The summed E-state index contributed by atoms with van der Waals surface area (Å²) in [6, 6.07) is 7.05. The van der Waals surface area contributed by atoms with Gasteiger partial charge in [-0.05, 0) is 13.0 Å². The zero-order valence-corrected chi connectivity index (χ0v) is 11.0. The highest BCUT2D eigenvalue weighted by Crippen LogP contribution is 2.36. The molecule has 102 valence electrons. The van der Waals surface area contributed by atoms with Crippen molar-refractivity contribution in [3.05, 3.63) is 23.8 Å². The van der Waals surface area contributed by atoms with Gasteiger partial charge in [-0.1, -0.05) is 12.1 Å². The molecular weight excluding hydrogens is 244 g/mol. The Morgan fingerprint density at radius 3 is 2.84 bits per heavy atom. The second-order valence-corrected chi connectivity index (χ2v) is 4.31. The molecule has 0 aromatic heterocycles. The van der Waals surface area contributed by atoms with Crippen molar-refractivity contribution in [1.29, 1.82) is 5.26 Å². The molecule has 5 nitrogen and oxygen atoms in total. The summed E-state index contributed by atoms with van der Waals surface area (Å²) in [6.45, 7) is 4.95. The van der Waals surface area contributed by atoms with Crippen LogP contribution in [-0.2, 0) is 4.74 Å². The Labute approximate surface area is 113 Å². The fraction of sp³-hybridized carbons (Fsp3) is 0.500. The highest BCUT2D eigenvalue weighted by atomic mass is 16.5. The van der Waals surface area contributed by atoms with Crippen molar-refractivity contribution in [3.63, 3.8) is 0 Å². The lowest BCUT2D eigenvalue weighted by molar-refractivity contribution is 0.0262. The molecule has 1 aromatic carbocycles. The predicted octanol–water partition coefficient (Wildman–Crippen LogP) is 1.69. The minimum absolute atomic E-state index is 0.0578. The SMILES string of the molecule is CCOc1cccc(C(C#N)N2CCOCC2)c1O. The van der Waals surface area contributed by atoms with Crippen LogP contribution < -0.4 is 4.74 Å². The number of rotatable bonds is 4. The molecule has 0 bridgehead atoms. The van der Waals surface area contributed by atoms with Crippen LogP contribution in [0.25, 0.3) is 0 Å². The Bertz CT molecular complexity index is 464. The molecule has 0 radical (unpaired) electrons. The van der Waals surface area contributed by atoms with E-state index in [9.17, 15) is 10.4 Å². The molecule has 1 saturated heterocycles. The lowest BCUT2D eigenvalue weighted by Crippen LogP contribution is -2.38. The van der Waals surface area contributed by atoms with Gasteiger partial charge in [-0.15, -0.1) is 0 Å². The van der Waals surface area contributed by atoms with E-state index in [0.717, 1.165) is 0 Å². The number of phenols is 1. The first-order valence-electron chi connectivity index (χ1n) is 6.44. The number of phenolic OH excluding ortho intramolecular Hbond substituents is 1. The normalized spacial score (nSPS) is 17.7. The molecule has 1 unspecified atom stereocenters. The van der Waals surface area contributed by atoms with Gasteiger partial charge in [-0.25, -0.2) is 0 Å². The number of morpholine rings is 1. The highest BCUT2D eigenvalue weighted by molar-refractivity contribution is 5.48. The average Bonchev–Trinajstić information content (AvgIpc) is 2.45. The van der Waals surface area contributed by atoms with Crippen LogP contribution in [0.4, 0.5) is 0 Å². The maximum atomic E-state index is 10.2. The number of nitriles is 1. The van der Waals surface area contributed by atoms with Crippen LogP contribution in [0.3, 0.4) is 0 Å². The van der Waals surface area contributed by atoms with Crippen LogP contribution in [0.2, 0.25) is 0 Å². The summed E-state index contributed by atoms with van der Waals surface area (Å²) >= 11 is 0. The van der Waals surface area contributed by atoms with Crippen molar-refractivity contribution in [2.24, 2.45) is 0 Å². The summed E-state index contributed by atoms with van der Waals surface area (Å²) in [5.41, 5.74) is 0.593. The Balaban J connectivity index is 2.27. The standard InChI is InChI=1S/C14H18N2O3/c1-2-19-13-5-3-4-11(14(13)17)12(10-15)16-6-8-18-9-7-16/h3-5,12,17H,2,6-9H2,1H3. The number of aromatic hydroxyl groups is 1. The summed E-state index contributed by atoms with van der Waals surface area (Å²) in [5.74, 6) is 0.482. The summed E-state index contributed by atoms with van der Waals surface area (Å²) in [7, 11) is 0. The van der Waals surface area contributed by atoms with E-state index in [1.54, 1.807) is 18.2 Å². The van der Waals surface area contributed by atoms with E-state index in [4.69, 9.17) is 9.47 Å². The summed E-state index contributed by atoms with van der Waals surface area (Å²) < 4.78 is 10.6. The van der Waals surface area contributed by atoms with Crippen LogP contribution in [0.1, 0.15) is 18.5 Å². The number of benzene rings is 1. The first kappa shape index (κ1) is 13.7. The van der Waals surface area contributed by atoms with Crippen molar-refractivity contribution in [3.8, 4) is 17.6 Å². The highest BCUT2D eigenvalue weighted by Gasteiger charge is 2.25. The van der Waals surface area contributed by atoms with Crippen LogP contribution in [-0.4, -0.2) is 42.9 Å². The number of ether oxygens (including phenoxy) is 2. The quantitative estimate of drug-likeness (QED) is 0.894. The predicted molar refractivity (Wildman–Crippen MR) is 70.0 cm³/mol. The van der Waals surface area contributed by atoms with Crippen molar-refractivity contribution < 1.29 is 14.6 Å². The molecule has 1 aliphatic heterocycles. The number of nitrogens with zero attached hydrogens (tertiary/aromatic N) is 2. The molecule has 0 spiro atoms. The lowest BCUT2D eigenvalue weighted by atomic mass is 10.0. The monoisotopic (exact) mass is 262 g/mol. The molecule has 1 aliphatic rings. The molecule has 0 saturated carbocycles. The zero-order valence-electron chi connectivity index (χ0n) is 11.0. The minimum atomic E-state index is -0.468. The van der Waals surface area contributed by atoms with Crippen LogP contribution in [0, 0.1) is 11.3 Å².